The molecular weight excluding hydrogens is 236 g/mol. The second kappa shape index (κ2) is 6.55. The standard InChI is InChI=1S/C17H24O2/c1-5-6-13-7-9-14(10-8-13)15(11-16(18)19)12-17(2,3)4/h7-11H,5-6,12H2,1-4H3,(H,18,19)/b15-11-. The minimum atomic E-state index is -0.878. The van der Waals surface area contributed by atoms with Crippen molar-refractivity contribution in [3.05, 3.63) is 41.5 Å². The predicted octanol–water partition coefficient (Wildman–Crippen LogP) is 4.54. The molecule has 0 radical (unpaired) electrons. The first-order valence-corrected chi connectivity index (χ1v) is 6.84. The van der Waals surface area contributed by atoms with Crippen LogP contribution in [0.25, 0.3) is 5.57 Å². The van der Waals surface area contributed by atoms with Crippen LogP contribution in [0.3, 0.4) is 0 Å². The number of hydrogen-bond donors (Lipinski definition) is 1. The lowest BCUT2D eigenvalue weighted by Crippen LogP contribution is -2.07. The summed E-state index contributed by atoms with van der Waals surface area (Å²) in [5.74, 6) is -0.878. The molecule has 104 valence electrons. The normalized spacial score (nSPS) is 12.5. The quantitative estimate of drug-likeness (QED) is 0.789. The molecule has 0 saturated carbocycles. The molecule has 0 heterocycles. The highest BCUT2D eigenvalue weighted by molar-refractivity contribution is 5.90. The Morgan fingerprint density at radius 1 is 1.21 bits per heavy atom. The van der Waals surface area contributed by atoms with Crippen molar-refractivity contribution in [1.29, 1.82) is 0 Å². The molecule has 0 spiro atoms. The maximum absolute atomic E-state index is 11.0. The Kier molecular flexibility index (Phi) is 5.34. The Hall–Kier alpha value is -1.57. The molecule has 0 aliphatic carbocycles. The number of carbonyl (C=O) groups is 1. The maximum Gasteiger partial charge on any atom is 0.328 e. The molecule has 0 fully saturated rings. The molecule has 1 N–H and O–H groups in total. The summed E-state index contributed by atoms with van der Waals surface area (Å²) < 4.78 is 0. The molecule has 2 heteroatoms. The van der Waals surface area contributed by atoms with E-state index in [0.717, 1.165) is 30.4 Å². The lowest BCUT2D eigenvalue weighted by molar-refractivity contribution is -0.131. The fourth-order valence-electron chi connectivity index (χ4n) is 2.13. The summed E-state index contributed by atoms with van der Waals surface area (Å²) in [5.41, 5.74) is 3.28. The van der Waals surface area contributed by atoms with Crippen LogP contribution in [0.15, 0.2) is 30.3 Å². The van der Waals surface area contributed by atoms with Gasteiger partial charge in [0.25, 0.3) is 0 Å². The second-order valence-electron chi connectivity index (χ2n) is 6.19. The number of carboxylic acids is 1. The Balaban J connectivity index is 3.01. The van der Waals surface area contributed by atoms with Gasteiger partial charge in [0.15, 0.2) is 0 Å². The molecule has 0 bridgehead atoms. The molecule has 0 aromatic heterocycles. The average molecular weight is 260 g/mol. The minimum Gasteiger partial charge on any atom is -0.478 e. The summed E-state index contributed by atoms with van der Waals surface area (Å²) >= 11 is 0. The number of benzene rings is 1. The molecule has 0 atom stereocenters. The maximum atomic E-state index is 11.0. The summed E-state index contributed by atoms with van der Waals surface area (Å²) in [6, 6.07) is 8.26. The van der Waals surface area contributed by atoms with Gasteiger partial charge in [-0.25, -0.2) is 4.79 Å². The first-order chi connectivity index (χ1) is 8.81. The Morgan fingerprint density at radius 2 is 1.79 bits per heavy atom. The Bertz CT molecular complexity index is 447. The molecule has 2 nitrogen and oxygen atoms in total. The van der Waals surface area contributed by atoms with Gasteiger partial charge >= 0.3 is 5.97 Å². The van der Waals surface area contributed by atoms with E-state index in [1.165, 1.54) is 11.6 Å². The van der Waals surface area contributed by atoms with Crippen LogP contribution < -0.4 is 0 Å². The molecule has 1 aromatic carbocycles. The van der Waals surface area contributed by atoms with E-state index in [-0.39, 0.29) is 5.41 Å². The van der Waals surface area contributed by atoms with Gasteiger partial charge in [-0.1, -0.05) is 58.4 Å². The van der Waals surface area contributed by atoms with Crippen molar-refractivity contribution in [2.45, 2.75) is 47.0 Å². The van der Waals surface area contributed by atoms with Crippen LogP contribution in [0.2, 0.25) is 0 Å². The molecule has 0 aliphatic heterocycles. The van der Waals surface area contributed by atoms with Gasteiger partial charge in [-0.2, -0.15) is 0 Å². The van der Waals surface area contributed by atoms with Gasteiger partial charge < -0.3 is 5.11 Å². The molecule has 0 amide bonds. The summed E-state index contributed by atoms with van der Waals surface area (Å²) in [7, 11) is 0. The van der Waals surface area contributed by atoms with E-state index >= 15 is 0 Å². The van der Waals surface area contributed by atoms with E-state index in [0.29, 0.717) is 0 Å². The lowest BCUT2D eigenvalue weighted by atomic mass is 9.85. The molecule has 1 rings (SSSR count). The third kappa shape index (κ3) is 5.73. The van der Waals surface area contributed by atoms with Crippen LogP contribution in [0, 0.1) is 5.41 Å². The monoisotopic (exact) mass is 260 g/mol. The van der Waals surface area contributed by atoms with Crippen LogP contribution in [0.1, 0.15) is 51.7 Å². The fraction of sp³-hybridized carbons (Fsp3) is 0.471. The van der Waals surface area contributed by atoms with Crippen LogP contribution in [0.5, 0.6) is 0 Å². The topological polar surface area (TPSA) is 37.3 Å². The Labute approximate surface area is 116 Å². The molecular formula is C17H24O2. The van der Waals surface area contributed by atoms with Gasteiger partial charge in [0.05, 0.1) is 0 Å². The van der Waals surface area contributed by atoms with Gasteiger partial charge in [0.2, 0.25) is 0 Å². The summed E-state index contributed by atoms with van der Waals surface area (Å²) in [6.07, 6.45) is 4.28. The van der Waals surface area contributed by atoms with E-state index in [9.17, 15) is 4.79 Å². The zero-order chi connectivity index (χ0) is 14.5. The van der Waals surface area contributed by atoms with Gasteiger partial charge in [0.1, 0.15) is 0 Å². The predicted molar refractivity (Wildman–Crippen MR) is 80.1 cm³/mol. The van der Waals surface area contributed by atoms with Crippen molar-refractivity contribution < 1.29 is 9.90 Å². The smallest absolute Gasteiger partial charge is 0.328 e. The largest absolute Gasteiger partial charge is 0.478 e. The first kappa shape index (κ1) is 15.5. The SMILES string of the molecule is CCCc1ccc(/C(=C\C(=O)O)CC(C)(C)C)cc1. The third-order valence-corrected chi connectivity index (χ3v) is 2.88. The van der Waals surface area contributed by atoms with E-state index in [4.69, 9.17) is 5.11 Å². The highest BCUT2D eigenvalue weighted by atomic mass is 16.4. The van der Waals surface area contributed by atoms with Crippen molar-refractivity contribution in [1.82, 2.24) is 0 Å². The third-order valence-electron chi connectivity index (χ3n) is 2.88. The van der Waals surface area contributed by atoms with Gasteiger partial charge in [-0.3, -0.25) is 0 Å². The molecule has 0 saturated heterocycles. The number of rotatable bonds is 5. The summed E-state index contributed by atoms with van der Waals surface area (Å²) in [6.45, 7) is 8.51. The minimum absolute atomic E-state index is 0.0728. The van der Waals surface area contributed by atoms with Crippen LogP contribution in [0.4, 0.5) is 0 Å². The van der Waals surface area contributed by atoms with Crippen molar-refractivity contribution in [3.8, 4) is 0 Å². The van der Waals surface area contributed by atoms with Crippen LogP contribution in [-0.2, 0) is 11.2 Å². The molecule has 1 aromatic rings. The van der Waals surface area contributed by atoms with E-state index < -0.39 is 5.97 Å². The lowest BCUT2D eigenvalue weighted by Gasteiger charge is -2.20. The van der Waals surface area contributed by atoms with Crippen molar-refractivity contribution >= 4 is 11.5 Å². The summed E-state index contributed by atoms with van der Waals surface area (Å²) in [4.78, 5) is 11.0. The van der Waals surface area contributed by atoms with Crippen molar-refractivity contribution in [2.24, 2.45) is 5.41 Å². The fourth-order valence-corrected chi connectivity index (χ4v) is 2.13. The highest BCUT2D eigenvalue weighted by Gasteiger charge is 2.15. The second-order valence-corrected chi connectivity index (χ2v) is 6.19. The van der Waals surface area contributed by atoms with Gasteiger partial charge in [-0.15, -0.1) is 0 Å². The Morgan fingerprint density at radius 3 is 2.21 bits per heavy atom. The van der Waals surface area contributed by atoms with Gasteiger partial charge in [0, 0.05) is 6.08 Å². The molecule has 0 unspecified atom stereocenters. The van der Waals surface area contributed by atoms with Crippen molar-refractivity contribution in [2.75, 3.05) is 0 Å². The highest BCUT2D eigenvalue weighted by Crippen LogP contribution is 2.30. The molecule has 0 aliphatic rings. The van der Waals surface area contributed by atoms with E-state index in [2.05, 4.69) is 39.8 Å². The van der Waals surface area contributed by atoms with Crippen molar-refractivity contribution in [3.63, 3.8) is 0 Å². The number of hydrogen-bond acceptors (Lipinski definition) is 1. The number of allylic oxidation sites excluding steroid dienone is 1. The van der Waals surface area contributed by atoms with Crippen LogP contribution >= 0.6 is 0 Å². The zero-order valence-electron chi connectivity index (χ0n) is 12.4. The van der Waals surface area contributed by atoms with Crippen LogP contribution in [-0.4, -0.2) is 11.1 Å². The number of carboxylic acid groups (broad SMARTS) is 1. The first-order valence-electron chi connectivity index (χ1n) is 6.84. The van der Waals surface area contributed by atoms with Gasteiger partial charge in [-0.05, 0) is 35.0 Å². The summed E-state index contributed by atoms with van der Waals surface area (Å²) in [5, 5.41) is 9.00. The molecule has 19 heavy (non-hydrogen) atoms. The van der Waals surface area contributed by atoms with E-state index in [1.807, 2.05) is 12.1 Å². The number of aryl methyl sites for hydroxylation is 1. The zero-order valence-corrected chi connectivity index (χ0v) is 12.4. The van der Waals surface area contributed by atoms with E-state index in [1.54, 1.807) is 0 Å². The average Bonchev–Trinajstić information content (AvgIpc) is 2.27. The number of aliphatic carboxylic acids is 1.